The van der Waals surface area contributed by atoms with Crippen LogP contribution in [0.1, 0.15) is 11.1 Å². The van der Waals surface area contributed by atoms with Crippen LogP contribution < -0.4 is 4.74 Å². The minimum Gasteiger partial charge on any atom is -0.487 e. The Bertz CT molecular complexity index is 629. The van der Waals surface area contributed by atoms with Crippen LogP contribution in [-0.4, -0.2) is 0 Å². The number of rotatable bonds is 3. The molecule has 2 rings (SSSR count). The first-order chi connectivity index (χ1) is 9.13. The van der Waals surface area contributed by atoms with Crippen molar-refractivity contribution in [2.75, 3.05) is 0 Å². The Labute approximate surface area is 107 Å². The van der Waals surface area contributed by atoms with E-state index in [1.165, 1.54) is 18.2 Å². The van der Waals surface area contributed by atoms with E-state index in [4.69, 9.17) is 10.00 Å². The number of nitrogens with zero attached hydrogens (tertiary/aromatic N) is 1. The van der Waals surface area contributed by atoms with Gasteiger partial charge < -0.3 is 4.74 Å². The van der Waals surface area contributed by atoms with Gasteiger partial charge in [0.05, 0.1) is 5.56 Å². The molecule has 2 aromatic rings. The summed E-state index contributed by atoms with van der Waals surface area (Å²) in [6.07, 6.45) is 0. The van der Waals surface area contributed by atoms with Crippen LogP contribution in [0.3, 0.4) is 0 Å². The van der Waals surface area contributed by atoms with Gasteiger partial charge in [0.25, 0.3) is 0 Å². The van der Waals surface area contributed by atoms with Crippen molar-refractivity contribution in [1.82, 2.24) is 0 Å². The summed E-state index contributed by atoms with van der Waals surface area (Å²) >= 11 is 0. The van der Waals surface area contributed by atoms with Crippen LogP contribution in [0.5, 0.6) is 5.75 Å². The molecular weight excluding hydrogens is 255 g/mol. The molecule has 0 bridgehead atoms. The van der Waals surface area contributed by atoms with E-state index in [1.807, 2.05) is 0 Å². The van der Waals surface area contributed by atoms with Gasteiger partial charge in [0.2, 0.25) is 0 Å². The molecular formula is C14H8F3NO. The van der Waals surface area contributed by atoms with Crippen LogP contribution in [0.25, 0.3) is 0 Å². The molecule has 0 radical (unpaired) electrons. The molecule has 0 amide bonds. The van der Waals surface area contributed by atoms with Crippen molar-refractivity contribution in [2.45, 2.75) is 6.61 Å². The lowest BCUT2D eigenvalue weighted by Crippen LogP contribution is -2.03. The standard InChI is InChI=1S/C14H8F3NO/c15-11-5-2-6-14(9(11)7-18)19-8-10-12(16)3-1-4-13(10)17/h1-6H,8H2. The lowest BCUT2D eigenvalue weighted by molar-refractivity contribution is 0.290. The molecule has 0 unspecified atom stereocenters. The maximum absolute atomic E-state index is 13.4. The molecule has 0 spiro atoms. The van der Waals surface area contributed by atoms with E-state index in [2.05, 4.69) is 0 Å². The van der Waals surface area contributed by atoms with E-state index in [0.29, 0.717) is 0 Å². The van der Waals surface area contributed by atoms with Gasteiger partial charge in [-0.3, -0.25) is 0 Å². The fourth-order valence-corrected chi connectivity index (χ4v) is 1.55. The maximum atomic E-state index is 13.4. The van der Waals surface area contributed by atoms with E-state index in [1.54, 1.807) is 6.07 Å². The number of ether oxygens (including phenoxy) is 1. The molecule has 0 saturated carbocycles. The minimum atomic E-state index is -0.755. The molecule has 2 nitrogen and oxygen atoms in total. The Morgan fingerprint density at radius 2 is 1.53 bits per heavy atom. The second-order valence-corrected chi connectivity index (χ2v) is 3.71. The van der Waals surface area contributed by atoms with Gasteiger partial charge in [-0.15, -0.1) is 0 Å². The van der Waals surface area contributed by atoms with Crippen LogP contribution in [0.4, 0.5) is 13.2 Å². The third-order valence-electron chi connectivity index (χ3n) is 2.52. The number of hydrogen-bond donors (Lipinski definition) is 0. The van der Waals surface area contributed by atoms with E-state index in [0.717, 1.165) is 18.2 Å². The van der Waals surface area contributed by atoms with Gasteiger partial charge in [0, 0.05) is 0 Å². The topological polar surface area (TPSA) is 33.0 Å². The van der Waals surface area contributed by atoms with Crippen LogP contribution >= 0.6 is 0 Å². The third-order valence-corrected chi connectivity index (χ3v) is 2.52. The Morgan fingerprint density at radius 3 is 2.16 bits per heavy atom. The molecule has 0 atom stereocenters. The minimum absolute atomic E-state index is 0.0508. The molecule has 0 heterocycles. The van der Waals surface area contributed by atoms with Gasteiger partial charge in [-0.2, -0.15) is 5.26 Å². The highest BCUT2D eigenvalue weighted by atomic mass is 19.1. The summed E-state index contributed by atoms with van der Waals surface area (Å²) in [5.74, 6) is -2.30. The lowest BCUT2D eigenvalue weighted by Gasteiger charge is -2.09. The van der Waals surface area contributed by atoms with Crippen LogP contribution in [-0.2, 0) is 6.61 Å². The Morgan fingerprint density at radius 1 is 0.947 bits per heavy atom. The van der Waals surface area contributed by atoms with Gasteiger partial charge >= 0.3 is 0 Å². The predicted octanol–water partition coefficient (Wildman–Crippen LogP) is 3.55. The molecule has 0 aliphatic heterocycles. The fourth-order valence-electron chi connectivity index (χ4n) is 1.55. The first kappa shape index (κ1) is 13.0. The zero-order chi connectivity index (χ0) is 13.8. The zero-order valence-corrected chi connectivity index (χ0v) is 9.66. The van der Waals surface area contributed by atoms with Crippen molar-refractivity contribution in [3.63, 3.8) is 0 Å². The van der Waals surface area contributed by atoms with Crippen molar-refractivity contribution < 1.29 is 17.9 Å². The number of halogens is 3. The summed E-state index contributed by atoms with van der Waals surface area (Å²) in [5.41, 5.74) is -0.560. The van der Waals surface area contributed by atoms with Crippen LogP contribution in [0, 0.1) is 28.8 Å². The van der Waals surface area contributed by atoms with Crippen molar-refractivity contribution in [2.24, 2.45) is 0 Å². The van der Waals surface area contributed by atoms with Crippen molar-refractivity contribution in [3.8, 4) is 11.8 Å². The second kappa shape index (κ2) is 5.44. The second-order valence-electron chi connectivity index (χ2n) is 3.71. The fraction of sp³-hybridized carbons (Fsp3) is 0.0714. The smallest absolute Gasteiger partial charge is 0.144 e. The molecule has 5 heteroatoms. The third kappa shape index (κ3) is 2.68. The highest BCUT2D eigenvalue weighted by molar-refractivity contribution is 5.43. The summed E-state index contributed by atoms with van der Waals surface area (Å²) in [4.78, 5) is 0. The Kier molecular flexibility index (Phi) is 3.71. The molecule has 19 heavy (non-hydrogen) atoms. The molecule has 2 aromatic carbocycles. The van der Waals surface area contributed by atoms with E-state index in [-0.39, 0.29) is 16.9 Å². The van der Waals surface area contributed by atoms with Gasteiger partial charge in [-0.1, -0.05) is 12.1 Å². The monoisotopic (exact) mass is 263 g/mol. The lowest BCUT2D eigenvalue weighted by atomic mass is 10.2. The maximum Gasteiger partial charge on any atom is 0.144 e. The highest BCUT2D eigenvalue weighted by Crippen LogP contribution is 2.22. The van der Waals surface area contributed by atoms with Gasteiger partial charge in [-0.25, -0.2) is 13.2 Å². The van der Waals surface area contributed by atoms with E-state index < -0.39 is 24.1 Å². The summed E-state index contributed by atoms with van der Waals surface area (Å²) in [6.45, 7) is -0.420. The van der Waals surface area contributed by atoms with Crippen molar-refractivity contribution in [1.29, 1.82) is 5.26 Å². The number of benzene rings is 2. The Hall–Kier alpha value is -2.48. The molecule has 0 aliphatic carbocycles. The quantitative estimate of drug-likeness (QED) is 0.848. The summed E-state index contributed by atoms with van der Waals surface area (Å²) < 4.78 is 45.1. The number of nitriles is 1. The normalized spacial score (nSPS) is 10.0. The highest BCUT2D eigenvalue weighted by Gasteiger charge is 2.12. The van der Waals surface area contributed by atoms with Gasteiger partial charge in [0.1, 0.15) is 41.4 Å². The molecule has 0 aromatic heterocycles. The molecule has 96 valence electrons. The predicted molar refractivity (Wildman–Crippen MR) is 61.8 cm³/mol. The summed E-state index contributed by atoms with van der Waals surface area (Å²) in [5, 5.41) is 8.79. The van der Waals surface area contributed by atoms with Crippen LogP contribution in [0.15, 0.2) is 36.4 Å². The zero-order valence-electron chi connectivity index (χ0n) is 9.66. The van der Waals surface area contributed by atoms with Crippen molar-refractivity contribution >= 4 is 0 Å². The molecule has 0 saturated heterocycles. The Balaban J connectivity index is 2.25. The average Bonchev–Trinajstić information content (AvgIpc) is 2.38. The van der Waals surface area contributed by atoms with Gasteiger partial charge in [0.15, 0.2) is 0 Å². The van der Waals surface area contributed by atoms with Crippen molar-refractivity contribution in [3.05, 3.63) is 65.0 Å². The average molecular weight is 263 g/mol. The summed E-state index contributed by atoms with van der Waals surface area (Å²) in [7, 11) is 0. The first-order valence-corrected chi connectivity index (χ1v) is 5.37. The molecule has 0 N–H and O–H groups in total. The number of hydrogen-bond acceptors (Lipinski definition) is 2. The van der Waals surface area contributed by atoms with Crippen LogP contribution in [0.2, 0.25) is 0 Å². The van der Waals surface area contributed by atoms with Gasteiger partial charge in [-0.05, 0) is 24.3 Å². The largest absolute Gasteiger partial charge is 0.487 e. The van der Waals surface area contributed by atoms with E-state index in [9.17, 15) is 13.2 Å². The summed E-state index contributed by atoms with van der Waals surface area (Å²) in [6, 6.07) is 8.88. The van der Waals surface area contributed by atoms with E-state index >= 15 is 0 Å². The molecule has 0 fully saturated rings. The molecule has 0 aliphatic rings. The SMILES string of the molecule is N#Cc1c(F)cccc1OCc1c(F)cccc1F. The first-order valence-electron chi connectivity index (χ1n) is 5.37.